The van der Waals surface area contributed by atoms with E-state index in [0.29, 0.717) is 0 Å². The SMILES string of the molecule is c1ccc([Si](c2ccccc2)(c2ccccc2)c2ccc3c(c2)-c2cccc4c2B(O3)c2cc(-c3cccc(-n5c6ccccc6c6ccccc65)c3)ccc2O4)cc1. The molecule has 3 heterocycles. The van der Waals surface area contributed by atoms with Crippen molar-refractivity contribution >= 4 is 68.5 Å². The second kappa shape index (κ2) is 13.4. The highest BCUT2D eigenvalue weighted by atomic mass is 28.3. The zero-order chi connectivity index (χ0) is 38.9. The van der Waals surface area contributed by atoms with Gasteiger partial charge in [0.2, 0.25) is 0 Å². The maximum absolute atomic E-state index is 7.15. The first kappa shape index (κ1) is 33.8. The number of hydrogen-bond acceptors (Lipinski definition) is 2. The van der Waals surface area contributed by atoms with Gasteiger partial charge in [0, 0.05) is 32.9 Å². The largest absolute Gasteiger partial charge is 0.551 e. The fourth-order valence-corrected chi connectivity index (χ4v) is 14.6. The second-order valence-electron chi connectivity index (χ2n) is 15.5. The number of ether oxygens (including phenoxy) is 1. The molecule has 0 fully saturated rings. The standard InChI is InChI=1S/C54H36BNO2Si/c1-4-18-40(19-5-1)59(41-20-6-2-7-21-41,42-22-8-3-9-23-42)43-31-33-51-47(36-43)46-26-15-29-53-54(46)55(58-51)48-35-38(30-32-52(48)57-53)37-16-14-17-39(34-37)56-49-27-12-10-24-44(49)45-25-11-13-28-50(45)56/h1-36H. The fraction of sp³-hybridized carbons (Fsp3) is 0. The highest BCUT2D eigenvalue weighted by Gasteiger charge is 2.44. The molecule has 3 nitrogen and oxygen atoms in total. The molecule has 2 aliphatic rings. The molecule has 276 valence electrons. The van der Waals surface area contributed by atoms with E-state index in [0.717, 1.165) is 56.1 Å². The van der Waals surface area contributed by atoms with Gasteiger partial charge < -0.3 is 14.0 Å². The minimum absolute atomic E-state index is 0.317. The minimum atomic E-state index is -2.75. The van der Waals surface area contributed by atoms with Gasteiger partial charge in [0.1, 0.15) is 17.2 Å². The lowest BCUT2D eigenvalue weighted by atomic mass is 9.50. The summed E-state index contributed by atoms with van der Waals surface area (Å²) in [7, 11) is -2.75. The summed E-state index contributed by atoms with van der Waals surface area (Å²) in [6.07, 6.45) is 0. The summed E-state index contributed by atoms with van der Waals surface area (Å²) >= 11 is 0. The fourth-order valence-electron chi connectivity index (χ4n) is 9.85. The van der Waals surface area contributed by atoms with Crippen molar-refractivity contribution in [3.05, 3.63) is 218 Å². The molecule has 0 unspecified atom stereocenters. The van der Waals surface area contributed by atoms with Crippen molar-refractivity contribution in [3.8, 4) is 45.2 Å². The Morgan fingerprint density at radius 3 is 1.63 bits per heavy atom. The van der Waals surface area contributed by atoms with Crippen LogP contribution in [0.2, 0.25) is 0 Å². The maximum atomic E-state index is 7.15. The molecule has 0 bridgehead atoms. The van der Waals surface area contributed by atoms with Crippen molar-refractivity contribution in [1.29, 1.82) is 0 Å². The number of fused-ring (bicyclic) bond motifs is 7. The molecule has 0 aliphatic carbocycles. The van der Waals surface area contributed by atoms with Crippen LogP contribution in [0, 0.1) is 0 Å². The third-order valence-corrected chi connectivity index (χ3v) is 17.2. The van der Waals surface area contributed by atoms with Crippen LogP contribution in [0.4, 0.5) is 0 Å². The summed E-state index contributed by atoms with van der Waals surface area (Å²) in [4.78, 5) is 0. The number of benzene rings is 9. The summed E-state index contributed by atoms with van der Waals surface area (Å²) in [5.74, 6) is 2.55. The maximum Gasteiger partial charge on any atom is 0.434 e. The Bertz CT molecular complexity index is 3090. The van der Waals surface area contributed by atoms with E-state index in [2.05, 4.69) is 223 Å². The van der Waals surface area contributed by atoms with Crippen molar-refractivity contribution < 1.29 is 9.39 Å². The summed E-state index contributed by atoms with van der Waals surface area (Å²) in [6.45, 7) is -0.317. The van der Waals surface area contributed by atoms with Gasteiger partial charge in [0.25, 0.3) is 0 Å². The number of hydrogen-bond donors (Lipinski definition) is 0. The van der Waals surface area contributed by atoms with Crippen LogP contribution < -0.4 is 41.1 Å². The molecule has 0 saturated heterocycles. The number of aromatic nitrogens is 1. The molecule has 0 spiro atoms. The van der Waals surface area contributed by atoms with Gasteiger partial charge in [-0.25, -0.2) is 0 Å². The predicted octanol–water partition coefficient (Wildman–Crippen LogP) is 9.10. The molecule has 2 aliphatic heterocycles. The Hall–Kier alpha value is -7.34. The molecule has 0 atom stereocenters. The normalized spacial score (nSPS) is 12.6. The molecule has 59 heavy (non-hydrogen) atoms. The van der Waals surface area contributed by atoms with Crippen molar-refractivity contribution in [2.75, 3.05) is 0 Å². The molecule has 9 aromatic carbocycles. The Morgan fingerprint density at radius 2 is 0.966 bits per heavy atom. The van der Waals surface area contributed by atoms with Gasteiger partial charge in [-0.3, -0.25) is 0 Å². The van der Waals surface area contributed by atoms with Crippen LogP contribution in [0.15, 0.2) is 218 Å². The Morgan fingerprint density at radius 1 is 0.390 bits per heavy atom. The van der Waals surface area contributed by atoms with Crippen LogP contribution in [-0.4, -0.2) is 19.6 Å². The zero-order valence-corrected chi connectivity index (χ0v) is 33.1. The molecule has 5 heteroatoms. The summed E-state index contributed by atoms with van der Waals surface area (Å²) in [6, 6.07) is 79.3. The minimum Gasteiger partial charge on any atom is -0.551 e. The monoisotopic (exact) mass is 769 g/mol. The first-order valence-electron chi connectivity index (χ1n) is 20.3. The highest BCUT2D eigenvalue weighted by Crippen LogP contribution is 2.40. The first-order valence-corrected chi connectivity index (χ1v) is 22.3. The van der Waals surface area contributed by atoms with Crippen LogP contribution in [-0.2, 0) is 0 Å². The van der Waals surface area contributed by atoms with E-state index in [9.17, 15) is 0 Å². The topological polar surface area (TPSA) is 23.4 Å². The first-order chi connectivity index (χ1) is 29.3. The van der Waals surface area contributed by atoms with Crippen LogP contribution in [0.25, 0.3) is 49.7 Å². The van der Waals surface area contributed by atoms with Crippen LogP contribution in [0.1, 0.15) is 0 Å². The van der Waals surface area contributed by atoms with Crippen molar-refractivity contribution in [2.45, 2.75) is 0 Å². The summed E-state index contributed by atoms with van der Waals surface area (Å²) in [5.41, 5.74) is 10.1. The van der Waals surface area contributed by atoms with E-state index < -0.39 is 8.07 Å². The van der Waals surface area contributed by atoms with Crippen molar-refractivity contribution in [3.63, 3.8) is 0 Å². The lowest BCUT2D eigenvalue weighted by Crippen LogP contribution is -2.74. The molecule has 0 amide bonds. The average Bonchev–Trinajstić information content (AvgIpc) is 3.65. The molecular weight excluding hydrogens is 733 g/mol. The predicted molar refractivity (Wildman–Crippen MR) is 247 cm³/mol. The molecule has 0 N–H and O–H groups in total. The van der Waals surface area contributed by atoms with Crippen molar-refractivity contribution in [2.24, 2.45) is 0 Å². The Labute approximate surface area is 344 Å². The highest BCUT2D eigenvalue weighted by molar-refractivity contribution is 7.20. The number of rotatable bonds is 6. The van der Waals surface area contributed by atoms with Crippen LogP contribution in [0.3, 0.4) is 0 Å². The quantitative estimate of drug-likeness (QED) is 0.125. The summed E-state index contributed by atoms with van der Waals surface area (Å²) < 4.78 is 16.3. The van der Waals surface area contributed by atoms with E-state index in [-0.39, 0.29) is 6.92 Å². The molecule has 0 radical (unpaired) electrons. The lowest BCUT2D eigenvalue weighted by molar-refractivity contribution is 0.479. The van der Waals surface area contributed by atoms with Gasteiger partial charge in [-0.2, -0.15) is 0 Å². The third kappa shape index (κ3) is 5.15. The molecule has 12 rings (SSSR count). The molecule has 1 aromatic heterocycles. The van der Waals surface area contributed by atoms with E-state index in [1.165, 1.54) is 42.6 Å². The van der Waals surface area contributed by atoms with Crippen LogP contribution in [0.5, 0.6) is 17.2 Å². The molecular formula is C54H36BNO2Si. The van der Waals surface area contributed by atoms with Gasteiger partial charge in [-0.05, 0) is 79.9 Å². The lowest BCUT2D eigenvalue weighted by Gasteiger charge is -2.36. The van der Waals surface area contributed by atoms with Gasteiger partial charge in [0.05, 0.1) is 11.0 Å². The number of nitrogens with zero attached hydrogens (tertiary/aromatic N) is 1. The van der Waals surface area contributed by atoms with Gasteiger partial charge in [-0.15, -0.1) is 0 Å². The summed E-state index contributed by atoms with van der Waals surface area (Å²) in [5, 5.41) is 7.84. The average molecular weight is 770 g/mol. The number of para-hydroxylation sites is 2. The van der Waals surface area contributed by atoms with E-state index >= 15 is 0 Å². The Kier molecular flexibility index (Phi) is 7.65. The van der Waals surface area contributed by atoms with E-state index in [4.69, 9.17) is 9.39 Å². The molecule has 0 saturated carbocycles. The zero-order valence-electron chi connectivity index (χ0n) is 32.1. The second-order valence-corrected chi connectivity index (χ2v) is 19.4. The van der Waals surface area contributed by atoms with Crippen LogP contribution >= 0.6 is 0 Å². The van der Waals surface area contributed by atoms with Gasteiger partial charge >= 0.3 is 6.92 Å². The van der Waals surface area contributed by atoms with E-state index in [1.807, 2.05) is 0 Å². The van der Waals surface area contributed by atoms with Crippen molar-refractivity contribution in [1.82, 2.24) is 4.57 Å². The van der Waals surface area contributed by atoms with E-state index in [1.54, 1.807) is 0 Å². The third-order valence-electron chi connectivity index (χ3n) is 12.4. The van der Waals surface area contributed by atoms with Gasteiger partial charge in [-0.1, -0.05) is 176 Å². The van der Waals surface area contributed by atoms with Gasteiger partial charge in [0.15, 0.2) is 8.07 Å². The smallest absolute Gasteiger partial charge is 0.434 e. The molecule has 10 aromatic rings. The Balaban J connectivity index is 0.985.